The number of phenols is 2. The van der Waals surface area contributed by atoms with Crippen LogP contribution in [0.5, 0.6) is 11.5 Å². The standard InChI is InChI=1S/C23H19NO6/c25-14-9-13(10-15(26)11-14)21(22(27)28)24-23(29)30-12-20-18-7-3-1-5-16(18)17-6-2-4-8-19(17)20/h1-11,20-21,25-26H,12H2,(H,24,29)(H,27,28). The minimum absolute atomic E-state index is 0.0218. The monoisotopic (exact) mass is 405 g/mol. The lowest BCUT2D eigenvalue weighted by Crippen LogP contribution is -2.34. The number of carboxylic acid groups (broad SMARTS) is 1. The molecule has 1 atom stereocenters. The predicted octanol–water partition coefficient (Wildman–Crippen LogP) is 3.76. The van der Waals surface area contributed by atoms with Gasteiger partial charge in [0.25, 0.3) is 0 Å². The van der Waals surface area contributed by atoms with Crippen molar-refractivity contribution in [3.05, 3.63) is 83.4 Å². The van der Waals surface area contributed by atoms with Gasteiger partial charge in [-0.3, -0.25) is 0 Å². The van der Waals surface area contributed by atoms with E-state index in [-0.39, 0.29) is 29.6 Å². The predicted molar refractivity (Wildman–Crippen MR) is 108 cm³/mol. The molecule has 1 amide bonds. The second-order valence-electron chi connectivity index (χ2n) is 7.02. The fraction of sp³-hybridized carbons (Fsp3) is 0.130. The molecule has 0 bridgehead atoms. The summed E-state index contributed by atoms with van der Waals surface area (Å²) in [6, 6.07) is 17.6. The van der Waals surface area contributed by atoms with Crippen molar-refractivity contribution in [3.63, 3.8) is 0 Å². The Bertz CT molecular complexity index is 1060. The van der Waals surface area contributed by atoms with E-state index in [1.807, 2.05) is 48.5 Å². The summed E-state index contributed by atoms with van der Waals surface area (Å²) in [6.45, 7) is 0.0392. The Kier molecular flexibility index (Phi) is 5.02. The molecule has 30 heavy (non-hydrogen) atoms. The van der Waals surface area contributed by atoms with Crippen LogP contribution in [0, 0.1) is 0 Å². The topological polar surface area (TPSA) is 116 Å². The lowest BCUT2D eigenvalue weighted by molar-refractivity contribution is -0.139. The molecular weight excluding hydrogens is 386 g/mol. The molecule has 0 saturated heterocycles. The number of carbonyl (C=O) groups is 2. The molecule has 0 fully saturated rings. The molecule has 1 unspecified atom stereocenters. The highest BCUT2D eigenvalue weighted by Gasteiger charge is 2.30. The Morgan fingerprint density at radius 3 is 1.97 bits per heavy atom. The number of benzene rings is 3. The summed E-state index contributed by atoms with van der Waals surface area (Å²) in [5.74, 6) is -2.14. The number of aliphatic carboxylic acids is 1. The Labute approximate surface area is 172 Å². The maximum Gasteiger partial charge on any atom is 0.408 e. The van der Waals surface area contributed by atoms with Crippen molar-refractivity contribution >= 4 is 12.1 Å². The van der Waals surface area contributed by atoms with Crippen LogP contribution in [-0.2, 0) is 9.53 Å². The number of alkyl carbamates (subject to hydrolysis) is 1. The van der Waals surface area contributed by atoms with Crippen molar-refractivity contribution in [1.29, 1.82) is 0 Å². The molecular formula is C23H19NO6. The van der Waals surface area contributed by atoms with Gasteiger partial charge in [0, 0.05) is 12.0 Å². The lowest BCUT2D eigenvalue weighted by atomic mass is 9.98. The van der Waals surface area contributed by atoms with Gasteiger partial charge in [0.2, 0.25) is 0 Å². The molecule has 0 radical (unpaired) electrons. The molecule has 4 N–H and O–H groups in total. The average molecular weight is 405 g/mol. The Balaban J connectivity index is 1.50. The zero-order chi connectivity index (χ0) is 21.3. The van der Waals surface area contributed by atoms with Crippen LogP contribution in [0.3, 0.4) is 0 Å². The quantitative estimate of drug-likeness (QED) is 0.514. The number of amides is 1. The summed E-state index contributed by atoms with van der Waals surface area (Å²) in [5, 5.41) is 30.9. The van der Waals surface area contributed by atoms with Gasteiger partial charge in [0.05, 0.1) is 0 Å². The van der Waals surface area contributed by atoms with Crippen LogP contribution in [0.25, 0.3) is 11.1 Å². The first kappa shape index (κ1) is 19.3. The number of hydrogen-bond donors (Lipinski definition) is 4. The Morgan fingerprint density at radius 2 is 1.43 bits per heavy atom. The summed E-state index contributed by atoms with van der Waals surface area (Å²) in [4.78, 5) is 24.0. The van der Waals surface area contributed by atoms with E-state index in [1.54, 1.807) is 0 Å². The molecule has 7 heteroatoms. The van der Waals surface area contributed by atoms with Gasteiger partial charge in [-0.05, 0) is 39.9 Å². The lowest BCUT2D eigenvalue weighted by Gasteiger charge is -2.18. The van der Waals surface area contributed by atoms with Crippen LogP contribution in [0.2, 0.25) is 0 Å². The van der Waals surface area contributed by atoms with Crippen LogP contribution in [0.4, 0.5) is 4.79 Å². The van der Waals surface area contributed by atoms with Crippen molar-refractivity contribution in [2.45, 2.75) is 12.0 Å². The highest BCUT2D eigenvalue weighted by Crippen LogP contribution is 2.44. The third kappa shape index (κ3) is 3.65. The number of fused-ring (bicyclic) bond motifs is 3. The molecule has 0 aromatic heterocycles. The van der Waals surface area contributed by atoms with Gasteiger partial charge in [-0.2, -0.15) is 0 Å². The highest BCUT2D eigenvalue weighted by atomic mass is 16.5. The number of ether oxygens (including phenoxy) is 1. The minimum Gasteiger partial charge on any atom is -0.508 e. The number of hydrogen-bond acceptors (Lipinski definition) is 5. The molecule has 3 aromatic rings. The molecule has 7 nitrogen and oxygen atoms in total. The van der Waals surface area contributed by atoms with Crippen molar-refractivity contribution in [2.24, 2.45) is 0 Å². The van der Waals surface area contributed by atoms with E-state index < -0.39 is 18.1 Å². The molecule has 3 aromatic carbocycles. The summed E-state index contributed by atoms with van der Waals surface area (Å²) in [5.41, 5.74) is 4.27. The maximum absolute atomic E-state index is 12.4. The zero-order valence-corrected chi connectivity index (χ0v) is 15.8. The summed E-state index contributed by atoms with van der Waals surface area (Å²) >= 11 is 0. The van der Waals surface area contributed by atoms with E-state index in [9.17, 15) is 24.9 Å². The average Bonchev–Trinajstić information content (AvgIpc) is 3.03. The van der Waals surface area contributed by atoms with Crippen molar-refractivity contribution in [2.75, 3.05) is 6.61 Å². The van der Waals surface area contributed by atoms with Crippen LogP contribution in [0.15, 0.2) is 66.7 Å². The molecule has 152 valence electrons. The minimum atomic E-state index is -1.49. The van der Waals surface area contributed by atoms with E-state index in [2.05, 4.69) is 5.32 Å². The van der Waals surface area contributed by atoms with Crippen LogP contribution in [0.1, 0.15) is 28.7 Å². The molecule has 1 aliphatic carbocycles. The maximum atomic E-state index is 12.4. The van der Waals surface area contributed by atoms with Gasteiger partial charge < -0.3 is 25.4 Å². The first-order valence-corrected chi connectivity index (χ1v) is 9.31. The summed E-state index contributed by atoms with van der Waals surface area (Å²) in [7, 11) is 0. The highest BCUT2D eigenvalue weighted by molar-refractivity contribution is 5.82. The Hall–Kier alpha value is -4.00. The van der Waals surface area contributed by atoms with E-state index >= 15 is 0 Å². The van der Waals surface area contributed by atoms with Crippen molar-refractivity contribution in [1.82, 2.24) is 5.32 Å². The molecule has 1 aliphatic rings. The van der Waals surface area contributed by atoms with E-state index in [0.29, 0.717) is 0 Å². The van der Waals surface area contributed by atoms with Crippen LogP contribution in [-0.4, -0.2) is 34.0 Å². The first-order valence-electron chi connectivity index (χ1n) is 9.31. The zero-order valence-electron chi connectivity index (χ0n) is 15.8. The third-order valence-electron chi connectivity index (χ3n) is 5.11. The van der Waals surface area contributed by atoms with Crippen molar-refractivity contribution < 1.29 is 29.6 Å². The van der Waals surface area contributed by atoms with Gasteiger partial charge in [-0.1, -0.05) is 48.5 Å². The van der Waals surface area contributed by atoms with Gasteiger partial charge in [-0.25, -0.2) is 9.59 Å². The molecule has 0 saturated carbocycles. The van der Waals surface area contributed by atoms with E-state index in [0.717, 1.165) is 40.5 Å². The number of carboxylic acids is 1. The molecule has 0 aliphatic heterocycles. The third-order valence-corrected chi connectivity index (χ3v) is 5.11. The SMILES string of the molecule is O=C(NC(C(=O)O)c1cc(O)cc(O)c1)OCC1c2ccccc2-c2ccccc21. The number of aromatic hydroxyl groups is 2. The van der Waals surface area contributed by atoms with Gasteiger partial charge in [-0.15, -0.1) is 0 Å². The van der Waals surface area contributed by atoms with Crippen LogP contribution >= 0.6 is 0 Å². The summed E-state index contributed by atoms with van der Waals surface area (Å²) in [6.07, 6.45) is -0.910. The van der Waals surface area contributed by atoms with Gasteiger partial charge in [0.15, 0.2) is 6.04 Å². The van der Waals surface area contributed by atoms with Crippen LogP contribution < -0.4 is 5.32 Å². The molecule has 0 spiro atoms. The number of phenolic OH excluding ortho intramolecular Hbond substituents is 2. The number of rotatable bonds is 5. The first-order chi connectivity index (χ1) is 14.4. The smallest absolute Gasteiger partial charge is 0.408 e. The van der Waals surface area contributed by atoms with Gasteiger partial charge in [0.1, 0.15) is 18.1 Å². The summed E-state index contributed by atoms with van der Waals surface area (Å²) < 4.78 is 5.36. The van der Waals surface area contributed by atoms with E-state index in [1.165, 1.54) is 0 Å². The molecule has 4 rings (SSSR count). The second kappa shape index (κ2) is 7.79. The normalized spacial score (nSPS) is 13.2. The van der Waals surface area contributed by atoms with Crippen molar-refractivity contribution in [3.8, 4) is 22.6 Å². The molecule has 0 heterocycles. The Morgan fingerprint density at radius 1 is 0.900 bits per heavy atom. The fourth-order valence-corrected chi connectivity index (χ4v) is 3.83. The van der Waals surface area contributed by atoms with Gasteiger partial charge >= 0.3 is 12.1 Å². The fourth-order valence-electron chi connectivity index (χ4n) is 3.83. The number of nitrogens with one attached hydrogen (secondary N) is 1. The number of carbonyl (C=O) groups excluding carboxylic acids is 1. The largest absolute Gasteiger partial charge is 0.508 e. The van der Waals surface area contributed by atoms with E-state index in [4.69, 9.17) is 4.74 Å². The second-order valence-corrected chi connectivity index (χ2v) is 7.02.